The summed E-state index contributed by atoms with van der Waals surface area (Å²) in [5.74, 6) is -2.61. The second kappa shape index (κ2) is 7.95. The molecule has 2 aliphatic heterocycles. The first-order valence-corrected chi connectivity index (χ1v) is 10.3. The minimum atomic E-state index is -1.18. The van der Waals surface area contributed by atoms with Gasteiger partial charge in [0.1, 0.15) is 11.7 Å². The molecule has 2 saturated heterocycles. The Hall–Kier alpha value is -3.82. The number of amides is 2. The number of non-ortho nitro benzene ring substituents is 1. The Morgan fingerprint density at radius 1 is 0.939 bits per heavy atom. The van der Waals surface area contributed by atoms with Gasteiger partial charge >= 0.3 is 0 Å². The first-order chi connectivity index (χ1) is 15.9. The lowest BCUT2D eigenvalue weighted by Crippen LogP contribution is -2.37. The van der Waals surface area contributed by atoms with Crippen LogP contribution in [0, 0.1) is 21.8 Å². The molecule has 0 bridgehead atoms. The van der Waals surface area contributed by atoms with E-state index in [0.29, 0.717) is 16.3 Å². The van der Waals surface area contributed by atoms with Crippen LogP contribution in [0.15, 0.2) is 72.8 Å². The van der Waals surface area contributed by atoms with Crippen LogP contribution in [0.3, 0.4) is 0 Å². The largest absolute Gasteiger partial charge is 0.273 e. The van der Waals surface area contributed by atoms with Crippen LogP contribution in [0.4, 0.5) is 21.5 Å². The number of anilines is 2. The van der Waals surface area contributed by atoms with Crippen LogP contribution < -0.4 is 9.96 Å². The molecule has 8 nitrogen and oxygen atoms in total. The molecule has 5 rings (SSSR count). The zero-order chi connectivity index (χ0) is 23.3. The summed E-state index contributed by atoms with van der Waals surface area (Å²) in [6, 6.07) is 16.7. The predicted molar refractivity (Wildman–Crippen MR) is 117 cm³/mol. The smallest absolute Gasteiger partial charge is 0.271 e. The number of rotatable bonds is 4. The van der Waals surface area contributed by atoms with E-state index >= 15 is 0 Å². The third kappa shape index (κ3) is 3.42. The Morgan fingerprint density at radius 2 is 1.67 bits per heavy atom. The topological polar surface area (TPSA) is 93.0 Å². The van der Waals surface area contributed by atoms with E-state index in [9.17, 15) is 24.1 Å². The summed E-state index contributed by atoms with van der Waals surface area (Å²) in [5, 5.41) is 13.0. The number of carbonyl (C=O) groups is 2. The molecule has 0 aromatic heterocycles. The van der Waals surface area contributed by atoms with Gasteiger partial charge in [0.25, 0.3) is 11.6 Å². The van der Waals surface area contributed by atoms with Crippen LogP contribution in [0.25, 0.3) is 0 Å². The van der Waals surface area contributed by atoms with Crippen LogP contribution in [0.1, 0.15) is 11.6 Å². The highest BCUT2D eigenvalue weighted by Gasteiger charge is 2.60. The lowest BCUT2D eigenvalue weighted by molar-refractivity contribution is -0.384. The van der Waals surface area contributed by atoms with Crippen molar-refractivity contribution < 1.29 is 23.7 Å². The number of nitro groups is 1. The monoisotopic (exact) mass is 467 g/mol. The summed E-state index contributed by atoms with van der Waals surface area (Å²) in [6.07, 6.45) is -1.18. The number of nitro benzene ring substituents is 1. The molecule has 3 atom stereocenters. The maximum Gasteiger partial charge on any atom is 0.271 e. The van der Waals surface area contributed by atoms with Crippen LogP contribution in [-0.4, -0.2) is 22.8 Å². The van der Waals surface area contributed by atoms with E-state index in [1.54, 1.807) is 30.3 Å². The summed E-state index contributed by atoms with van der Waals surface area (Å²) in [6.45, 7) is 0. The van der Waals surface area contributed by atoms with E-state index in [2.05, 4.69) is 0 Å². The molecule has 0 radical (unpaired) electrons. The van der Waals surface area contributed by atoms with Gasteiger partial charge in [0.2, 0.25) is 5.91 Å². The van der Waals surface area contributed by atoms with Crippen LogP contribution in [0.5, 0.6) is 0 Å². The number of carbonyl (C=O) groups excluding carboxylic acids is 2. The standard InChI is InChI=1S/C23H15ClFN3O5/c24-18-7-2-1-6-17(18)20-19-21(33-27(20)15-4-3-5-16(12-15)28(31)32)23(30)26(22(19)29)14-10-8-13(25)9-11-14/h1-12,19-21H/t19-,20-,21-/m1/s1. The van der Waals surface area contributed by atoms with Crippen molar-refractivity contribution in [1.82, 2.24) is 0 Å². The molecular weight excluding hydrogens is 453 g/mol. The first kappa shape index (κ1) is 21.0. The number of benzene rings is 3. The molecule has 2 heterocycles. The van der Waals surface area contributed by atoms with Gasteiger partial charge in [-0.3, -0.25) is 24.5 Å². The van der Waals surface area contributed by atoms with Crippen molar-refractivity contribution in [3.05, 3.63) is 99.3 Å². The summed E-state index contributed by atoms with van der Waals surface area (Å²) < 4.78 is 13.4. The van der Waals surface area contributed by atoms with Crippen LogP contribution in [-0.2, 0) is 14.4 Å². The number of imide groups is 1. The molecule has 0 saturated carbocycles. The van der Waals surface area contributed by atoms with E-state index < -0.39 is 40.6 Å². The summed E-state index contributed by atoms with van der Waals surface area (Å²) in [4.78, 5) is 44.4. The quantitative estimate of drug-likeness (QED) is 0.320. The number of nitrogens with zero attached hydrogens (tertiary/aromatic N) is 3. The van der Waals surface area contributed by atoms with Crippen molar-refractivity contribution >= 4 is 40.5 Å². The lowest BCUT2D eigenvalue weighted by Gasteiger charge is -2.29. The molecule has 0 unspecified atom stereocenters. The van der Waals surface area contributed by atoms with Gasteiger partial charge in [0.05, 0.1) is 22.3 Å². The molecule has 2 aliphatic rings. The van der Waals surface area contributed by atoms with Gasteiger partial charge in [-0.2, -0.15) is 0 Å². The lowest BCUT2D eigenvalue weighted by atomic mass is 9.90. The van der Waals surface area contributed by atoms with E-state index in [1.807, 2.05) is 0 Å². The molecule has 3 aromatic carbocycles. The molecule has 0 spiro atoms. The minimum Gasteiger partial charge on any atom is -0.273 e. The van der Waals surface area contributed by atoms with E-state index in [1.165, 1.54) is 35.4 Å². The summed E-state index contributed by atoms with van der Waals surface area (Å²) in [5.41, 5.74) is 0.888. The summed E-state index contributed by atoms with van der Waals surface area (Å²) in [7, 11) is 0. The first-order valence-electron chi connectivity index (χ1n) is 9.95. The van der Waals surface area contributed by atoms with Gasteiger partial charge in [0, 0.05) is 17.2 Å². The van der Waals surface area contributed by atoms with Gasteiger partial charge < -0.3 is 0 Å². The Kier molecular flexibility index (Phi) is 5.07. The third-order valence-corrected chi connectivity index (χ3v) is 6.06. The molecule has 2 fully saturated rings. The average Bonchev–Trinajstić information content (AvgIpc) is 3.31. The van der Waals surface area contributed by atoms with Crippen molar-refractivity contribution in [2.24, 2.45) is 5.92 Å². The highest BCUT2D eigenvalue weighted by Crippen LogP contribution is 2.49. The number of fused-ring (bicyclic) bond motifs is 1. The Labute approximate surface area is 191 Å². The maximum absolute atomic E-state index is 13.5. The zero-order valence-electron chi connectivity index (χ0n) is 16.8. The number of halogens is 2. The fourth-order valence-corrected chi connectivity index (χ4v) is 4.51. The van der Waals surface area contributed by atoms with Crippen molar-refractivity contribution in [2.45, 2.75) is 12.1 Å². The number of hydrogen-bond acceptors (Lipinski definition) is 6. The molecule has 3 aromatic rings. The van der Waals surface area contributed by atoms with Crippen LogP contribution >= 0.6 is 11.6 Å². The number of hydrogen-bond donors (Lipinski definition) is 0. The van der Waals surface area contributed by atoms with E-state index in [0.717, 1.165) is 17.0 Å². The predicted octanol–water partition coefficient (Wildman–Crippen LogP) is 4.44. The molecule has 33 heavy (non-hydrogen) atoms. The maximum atomic E-state index is 13.5. The molecule has 166 valence electrons. The molecule has 2 amide bonds. The Bertz CT molecular complexity index is 1290. The van der Waals surface area contributed by atoms with Gasteiger partial charge in [-0.25, -0.2) is 14.4 Å². The summed E-state index contributed by atoms with van der Waals surface area (Å²) >= 11 is 6.44. The fourth-order valence-electron chi connectivity index (χ4n) is 4.26. The molecule has 0 N–H and O–H groups in total. The van der Waals surface area contributed by atoms with Crippen molar-refractivity contribution in [3.63, 3.8) is 0 Å². The van der Waals surface area contributed by atoms with Crippen molar-refractivity contribution in [2.75, 3.05) is 9.96 Å². The van der Waals surface area contributed by atoms with Gasteiger partial charge in [-0.1, -0.05) is 35.9 Å². The Balaban J connectivity index is 1.61. The fraction of sp³-hybridized carbons (Fsp3) is 0.130. The van der Waals surface area contributed by atoms with Crippen LogP contribution in [0.2, 0.25) is 5.02 Å². The molecule has 10 heteroatoms. The zero-order valence-corrected chi connectivity index (χ0v) is 17.6. The van der Waals surface area contributed by atoms with Gasteiger partial charge in [-0.05, 0) is 42.0 Å². The second-order valence-corrected chi connectivity index (χ2v) is 8.02. The Morgan fingerprint density at radius 3 is 2.36 bits per heavy atom. The van der Waals surface area contributed by atoms with Crippen molar-refractivity contribution in [3.8, 4) is 0 Å². The highest BCUT2D eigenvalue weighted by molar-refractivity contribution is 6.31. The normalized spacial score (nSPS) is 22.1. The van der Waals surface area contributed by atoms with E-state index in [-0.39, 0.29) is 11.4 Å². The molecule has 0 aliphatic carbocycles. The van der Waals surface area contributed by atoms with Gasteiger partial charge in [0.15, 0.2) is 6.10 Å². The highest BCUT2D eigenvalue weighted by atomic mass is 35.5. The van der Waals surface area contributed by atoms with Crippen molar-refractivity contribution in [1.29, 1.82) is 0 Å². The molecular formula is C23H15ClFN3O5. The number of hydroxylamine groups is 1. The second-order valence-electron chi connectivity index (χ2n) is 7.61. The van der Waals surface area contributed by atoms with Gasteiger partial charge in [-0.15, -0.1) is 0 Å². The van der Waals surface area contributed by atoms with E-state index in [4.69, 9.17) is 16.4 Å². The average molecular weight is 468 g/mol. The third-order valence-electron chi connectivity index (χ3n) is 5.72. The SMILES string of the molecule is O=C1[C@@H]2[C@@H](c3ccccc3Cl)N(c3cccc([N+](=O)[O-])c3)O[C@H]2C(=O)N1c1ccc(F)cc1. The minimum absolute atomic E-state index is 0.170.